The number of benzene rings is 2. The Morgan fingerprint density at radius 3 is 2.67 bits per heavy atom. The summed E-state index contributed by atoms with van der Waals surface area (Å²) >= 11 is 6.11. The van der Waals surface area contributed by atoms with Gasteiger partial charge >= 0.3 is 0 Å². The molecule has 2 aromatic carbocycles. The van der Waals surface area contributed by atoms with E-state index in [2.05, 4.69) is 12.2 Å². The third-order valence-electron chi connectivity index (χ3n) is 3.27. The molecule has 112 valence electrons. The number of nitrogens with one attached hydrogen (secondary N) is 1. The van der Waals surface area contributed by atoms with Crippen molar-refractivity contribution in [1.29, 1.82) is 0 Å². The molecule has 0 unspecified atom stereocenters. The highest BCUT2D eigenvalue weighted by atomic mass is 35.5. The average Bonchev–Trinajstić information content (AvgIpc) is 2.49. The summed E-state index contributed by atoms with van der Waals surface area (Å²) in [6, 6.07) is 10.2. The van der Waals surface area contributed by atoms with E-state index in [4.69, 9.17) is 16.3 Å². The van der Waals surface area contributed by atoms with Gasteiger partial charge in [-0.05, 0) is 54.4 Å². The van der Waals surface area contributed by atoms with E-state index < -0.39 is 0 Å². The van der Waals surface area contributed by atoms with Crippen molar-refractivity contribution in [3.63, 3.8) is 0 Å². The number of ether oxygens (including phenoxy) is 1. The zero-order chi connectivity index (χ0) is 15.2. The van der Waals surface area contributed by atoms with Crippen LogP contribution in [0, 0.1) is 5.82 Å². The lowest BCUT2D eigenvalue weighted by atomic mass is 9.98. The molecule has 21 heavy (non-hydrogen) atoms. The quantitative estimate of drug-likeness (QED) is 0.784. The highest BCUT2D eigenvalue weighted by molar-refractivity contribution is 6.30. The van der Waals surface area contributed by atoms with Crippen LogP contribution in [0.5, 0.6) is 5.75 Å². The van der Waals surface area contributed by atoms with Gasteiger partial charge < -0.3 is 10.1 Å². The lowest BCUT2D eigenvalue weighted by Gasteiger charge is -2.14. The van der Waals surface area contributed by atoms with Gasteiger partial charge in [0.25, 0.3) is 0 Å². The molecule has 4 heteroatoms. The number of hydrogen-bond donors (Lipinski definition) is 1. The standard InChI is InChI=1S/C17H19ClFNO/c1-3-8-20-11-12-4-5-13(18)9-15(12)16-10-14(19)6-7-17(16)21-2/h4-7,9-10,20H,3,8,11H2,1-2H3. The molecule has 1 N–H and O–H groups in total. The van der Waals surface area contributed by atoms with Crippen molar-refractivity contribution in [2.45, 2.75) is 19.9 Å². The summed E-state index contributed by atoms with van der Waals surface area (Å²) in [5.74, 6) is 0.341. The van der Waals surface area contributed by atoms with Crippen LogP contribution in [0.15, 0.2) is 36.4 Å². The summed E-state index contributed by atoms with van der Waals surface area (Å²) < 4.78 is 18.9. The molecule has 0 heterocycles. The molecule has 0 aliphatic heterocycles. The fourth-order valence-electron chi connectivity index (χ4n) is 2.24. The summed E-state index contributed by atoms with van der Waals surface area (Å²) in [7, 11) is 1.58. The Balaban J connectivity index is 2.46. The predicted molar refractivity (Wildman–Crippen MR) is 85.4 cm³/mol. The first-order valence-electron chi connectivity index (χ1n) is 6.98. The van der Waals surface area contributed by atoms with E-state index in [0.29, 0.717) is 22.9 Å². The largest absolute Gasteiger partial charge is 0.496 e. The summed E-state index contributed by atoms with van der Waals surface area (Å²) in [6.07, 6.45) is 1.06. The number of halogens is 2. The van der Waals surface area contributed by atoms with Crippen molar-refractivity contribution in [3.05, 3.63) is 52.8 Å². The molecule has 0 saturated heterocycles. The SMILES string of the molecule is CCCNCc1ccc(Cl)cc1-c1cc(F)ccc1OC. The van der Waals surface area contributed by atoms with Crippen LogP contribution in [0.1, 0.15) is 18.9 Å². The molecular weight excluding hydrogens is 289 g/mol. The molecule has 2 aromatic rings. The first-order chi connectivity index (χ1) is 10.2. The van der Waals surface area contributed by atoms with Crippen molar-refractivity contribution >= 4 is 11.6 Å². The van der Waals surface area contributed by atoms with Gasteiger partial charge in [-0.15, -0.1) is 0 Å². The third-order valence-corrected chi connectivity index (χ3v) is 3.50. The van der Waals surface area contributed by atoms with E-state index in [1.54, 1.807) is 13.2 Å². The lowest BCUT2D eigenvalue weighted by Crippen LogP contribution is -2.14. The van der Waals surface area contributed by atoms with Gasteiger partial charge in [-0.2, -0.15) is 0 Å². The van der Waals surface area contributed by atoms with E-state index >= 15 is 0 Å². The van der Waals surface area contributed by atoms with Crippen molar-refractivity contribution in [2.24, 2.45) is 0 Å². The number of hydrogen-bond acceptors (Lipinski definition) is 2. The highest BCUT2D eigenvalue weighted by Gasteiger charge is 2.12. The van der Waals surface area contributed by atoms with Crippen LogP contribution in [-0.2, 0) is 6.54 Å². The molecule has 0 spiro atoms. The number of rotatable bonds is 6. The maximum Gasteiger partial charge on any atom is 0.126 e. The van der Waals surface area contributed by atoms with E-state index in [0.717, 1.165) is 24.1 Å². The monoisotopic (exact) mass is 307 g/mol. The van der Waals surface area contributed by atoms with E-state index in [1.165, 1.54) is 12.1 Å². The van der Waals surface area contributed by atoms with Gasteiger partial charge in [-0.25, -0.2) is 4.39 Å². The molecular formula is C17H19ClFNO. The molecule has 0 aliphatic carbocycles. The summed E-state index contributed by atoms with van der Waals surface area (Å²) in [4.78, 5) is 0. The topological polar surface area (TPSA) is 21.3 Å². The van der Waals surface area contributed by atoms with Crippen LogP contribution in [-0.4, -0.2) is 13.7 Å². The van der Waals surface area contributed by atoms with Gasteiger partial charge in [-0.3, -0.25) is 0 Å². The normalized spacial score (nSPS) is 10.7. The second-order valence-electron chi connectivity index (χ2n) is 4.82. The van der Waals surface area contributed by atoms with E-state index in [9.17, 15) is 4.39 Å². The Hall–Kier alpha value is -1.58. The molecule has 0 atom stereocenters. The summed E-state index contributed by atoms with van der Waals surface area (Å²) in [5.41, 5.74) is 2.67. The zero-order valence-electron chi connectivity index (χ0n) is 12.2. The molecule has 0 amide bonds. The molecule has 0 aliphatic rings. The van der Waals surface area contributed by atoms with Gasteiger partial charge in [0.05, 0.1) is 7.11 Å². The highest BCUT2D eigenvalue weighted by Crippen LogP contribution is 2.34. The first kappa shape index (κ1) is 15.8. The minimum atomic E-state index is -0.293. The second-order valence-corrected chi connectivity index (χ2v) is 5.26. The first-order valence-corrected chi connectivity index (χ1v) is 7.36. The Bertz CT molecular complexity index is 616. The van der Waals surface area contributed by atoms with Crippen molar-refractivity contribution in [3.8, 4) is 16.9 Å². The van der Waals surface area contributed by atoms with Crippen LogP contribution in [0.2, 0.25) is 5.02 Å². The second kappa shape index (κ2) is 7.43. The van der Waals surface area contributed by atoms with E-state index in [1.807, 2.05) is 18.2 Å². The number of methoxy groups -OCH3 is 1. The van der Waals surface area contributed by atoms with Gasteiger partial charge in [0.2, 0.25) is 0 Å². The van der Waals surface area contributed by atoms with Gasteiger partial charge in [0, 0.05) is 17.1 Å². The Labute approximate surface area is 129 Å². The Morgan fingerprint density at radius 2 is 1.95 bits per heavy atom. The fourth-order valence-corrected chi connectivity index (χ4v) is 2.42. The van der Waals surface area contributed by atoms with Crippen LogP contribution < -0.4 is 10.1 Å². The summed E-state index contributed by atoms with van der Waals surface area (Å²) in [5, 5.41) is 3.98. The van der Waals surface area contributed by atoms with Gasteiger partial charge in [-0.1, -0.05) is 24.6 Å². The van der Waals surface area contributed by atoms with Crippen LogP contribution in [0.4, 0.5) is 4.39 Å². The molecule has 2 rings (SSSR count). The van der Waals surface area contributed by atoms with Crippen molar-refractivity contribution < 1.29 is 9.13 Å². The smallest absolute Gasteiger partial charge is 0.126 e. The molecule has 0 fully saturated rings. The zero-order valence-corrected chi connectivity index (χ0v) is 13.0. The third kappa shape index (κ3) is 3.96. The Morgan fingerprint density at radius 1 is 1.14 bits per heavy atom. The lowest BCUT2D eigenvalue weighted by molar-refractivity contribution is 0.415. The summed E-state index contributed by atoms with van der Waals surface area (Å²) in [6.45, 7) is 3.76. The minimum Gasteiger partial charge on any atom is -0.496 e. The molecule has 2 nitrogen and oxygen atoms in total. The molecule has 0 radical (unpaired) electrons. The molecule has 0 saturated carbocycles. The van der Waals surface area contributed by atoms with Crippen molar-refractivity contribution in [1.82, 2.24) is 5.32 Å². The van der Waals surface area contributed by atoms with Gasteiger partial charge in [0.1, 0.15) is 11.6 Å². The van der Waals surface area contributed by atoms with Crippen LogP contribution in [0.3, 0.4) is 0 Å². The van der Waals surface area contributed by atoms with Crippen molar-refractivity contribution in [2.75, 3.05) is 13.7 Å². The molecule has 0 aromatic heterocycles. The average molecular weight is 308 g/mol. The minimum absolute atomic E-state index is 0.293. The van der Waals surface area contributed by atoms with E-state index in [-0.39, 0.29) is 5.82 Å². The Kier molecular flexibility index (Phi) is 5.59. The molecule has 0 bridgehead atoms. The maximum absolute atomic E-state index is 13.6. The maximum atomic E-state index is 13.6. The fraction of sp³-hybridized carbons (Fsp3) is 0.294. The van der Waals surface area contributed by atoms with Gasteiger partial charge in [0.15, 0.2) is 0 Å². The predicted octanol–water partition coefficient (Wildman–Crippen LogP) is 4.65. The van der Waals surface area contributed by atoms with Crippen LogP contribution >= 0.6 is 11.6 Å². The van der Waals surface area contributed by atoms with Crippen LogP contribution in [0.25, 0.3) is 11.1 Å².